The van der Waals surface area contributed by atoms with Crippen LogP contribution in [0.4, 0.5) is 0 Å². The van der Waals surface area contributed by atoms with Crippen LogP contribution in [-0.4, -0.2) is 62.7 Å². The molecule has 1 saturated heterocycles. The number of benzene rings is 1. The number of carbonyl (C=O) groups excluding carboxylic acids is 1. The molecular weight excluding hydrogens is 488 g/mol. The summed E-state index contributed by atoms with van der Waals surface area (Å²) in [6.45, 7) is 8.16. The molecule has 1 amide bonds. The molecule has 9 nitrogen and oxygen atoms in total. The monoisotopic (exact) mass is 524 g/mol. The van der Waals surface area contributed by atoms with Gasteiger partial charge in [0.2, 0.25) is 15.9 Å². The van der Waals surface area contributed by atoms with Crippen molar-refractivity contribution in [1.29, 1.82) is 0 Å². The smallest absolute Gasteiger partial charge is 0.246 e. The van der Waals surface area contributed by atoms with E-state index in [-0.39, 0.29) is 23.3 Å². The maximum absolute atomic E-state index is 13.7. The number of aryl methyl sites for hydroxylation is 4. The van der Waals surface area contributed by atoms with E-state index in [0.717, 1.165) is 36.3 Å². The third-order valence-corrected chi connectivity index (χ3v) is 9.88. The van der Waals surface area contributed by atoms with Crippen molar-refractivity contribution >= 4 is 15.9 Å². The van der Waals surface area contributed by atoms with Crippen LogP contribution in [0.3, 0.4) is 0 Å². The Morgan fingerprint density at radius 2 is 1.81 bits per heavy atom. The van der Waals surface area contributed by atoms with Gasteiger partial charge in [-0.25, -0.2) is 8.42 Å². The SMILES string of the molecule is CCc1ccc(-c2cc3n(n2)CCCN(C(=O)C2CCCN(S(=O)(=O)c4c(C)nn(C)c4C)C2)C3)cc1. The molecule has 0 saturated carbocycles. The van der Waals surface area contributed by atoms with Gasteiger partial charge in [0.05, 0.1) is 35.2 Å². The first-order chi connectivity index (χ1) is 17.7. The van der Waals surface area contributed by atoms with Gasteiger partial charge < -0.3 is 4.90 Å². The lowest BCUT2D eigenvalue weighted by Gasteiger charge is -2.34. The maximum Gasteiger partial charge on any atom is 0.246 e. The molecule has 198 valence electrons. The first kappa shape index (κ1) is 25.7. The van der Waals surface area contributed by atoms with Gasteiger partial charge in [-0.05, 0) is 51.2 Å². The van der Waals surface area contributed by atoms with E-state index in [4.69, 9.17) is 5.10 Å². The second kappa shape index (κ2) is 10.1. The van der Waals surface area contributed by atoms with Gasteiger partial charge in [-0.1, -0.05) is 31.2 Å². The number of sulfonamides is 1. The average molecular weight is 525 g/mol. The number of piperidine rings is 1. The summed E-state index contributed by atoms with van der Waals surface area (Å²) < 4.78 is 32.1. The van der Waals surface area contributed by atoms with E-state index in [9.17, 15) is 13.2 Å². The van der Waals surface area contributed by atoms with Gasteiger partial charge in [-0.2, -0.15) is 14.5 Å². The van der Waals surface area contributed by atoms with Crippen molar-refractivity contribution in [2.75, 3.05) is 19.6 Å². The number of nitrogens with zero attached hydrogens (tertiary/aromatic N) is 6. The second-order valence-electron chi connectivity index (χ2n) is 10.2. The molecule has 0 N–H and O–H groups in total. The van der Waals surface area contributed by atoms with E-state index in [1.807, 2.05) is 9.58 Å². The fourth-order valence-electron chi connectivity index (χ4n) is 5.58. The Kier molecular flexibility index (Phi) is 6.97. The highest BCUT2D eigenvalue weighted by Crippen LogP contribution is 2.29. The van der Waals surface area contributed by atoms with Crippen molar-refractivity contribution in [3.63, 3.8) is 0 Å². The molecular formula is C27H36N6O3S. The third kappa shape index (κ3) is 4.84. The molecule has 0 spiro atoms. The summed E-state index contributed by atoms with van der Waals surface area (Å²) in [4.78, 5) is 15.8. The highest BCUT2D eigenvalue weighted by atomic mass is 32.2. The van der Waals surface area contributed by atoms with Crippen molar-refractivity contribution in [3.05, 3.63) is 53.0 Å². The quantitative estimate of drug-likeness (QED) is 0.511. The molecule has 4 heterocycles. The highest BCUT2D eigenvalue weighted by Gasteiger charge is 2.37. The first-order valence-electron chi connectivity index (χ1n) is 13.1. The Hall–Kier alpha value is -2.98. The molecule has 2 aliphatic rings. The van der Waals surface area contributed by atoms with Crippen molar-refractivity contribution in [1.82, 2.24) is 28.8 Å². The number of hydrogen-bond acceptors (Lipinski definition) is 5. The number of amides is 1. The second-order valence-corrected chi connectivity index (χ2v) is 12.1. The molecule has 2 aliphatic heterocycles. The minimum atomic E-state index is -3.72. The molecule has 3 aromatic rings. The molecule has 5 rings (SSSR count). The van der Waals surface area contributed by atoms with Gasteiger partial charge in [0, 0.05) is 38.8 Å². The normalized spacial score (nSPS) is 19.0. The maximum atomic E-state index is 13.7. The molecule has 37 heavy (non-hydrogen) atoms. The summed E-state index contributed by atoms with van der Waals surface area (Å²) >= 11 is 0. The Balaban J connectivity index is 1.32. The van der Waals surface area contributed by atoms with Gasteiger partial charge >= 0.3 is 0 Å². The van der Waals surface area contributed by atoms with E-state index in [1.54, 1.807) is 25.6 Å². The average Bonchev–Trinajstić information content (AvgIpc) is 3.34. The molecule has 0 aliphatic carbocycles. The number of aromatic nitrogens is 4. The van der Waals surface area contributed by atoms with Crippen LogP contribution in [0.5, 0.6) is 0 Å². The Morgan fingerprint density at radius 3 is 2.49 bits per heavy atom. The minimum Gasteiger partial charge on any atom is -0.336 e. The molecule has 10 heteroatoms. The predicted octanol–water partition coefficient (Wildman–Crippen LogP) is 3.30. The molecule has 1 fully saturated rings. The molecule has 1 atom stereocenters. The molecule has 2 aromatic heterocycles. The molecule has 1 aromatic carbocycles. The number of hydrogen-bond donors (Lipinski definition) is 0. The van der Waals surface area contributed by atoms with Crippen LogP contribution in [0.25, 0.3) is 11.3 Å². The van der Waals surface area contributed by atoms with Crippen LogP contribution in [0.1, 0.15) is 48.8 Å². The number of rotatable bonds is 5. The largest absolute Gasteiger partial charge is 0.336 e. The van der Waals surface area contributed by atoms with Crippen molar-refractivity contribution in [2.24, 2.45) is 13.0 Å². The van der Waals surface area contributed by atoms with Gasteiger partial charge in [0.15, 0.2) is 0 Å². The van der Waals surface area contributed by atoms with Gasteiger partial charge in [0.1, 0.15) is 4.90 Å². The minimum absolute atomic E-state index is 0.0306. The lowest BCUT2D eigenvalue weighted by molar-refractivity contribution is -0.137. The van der Waals surface area contributed by atoms with Crippen LogP contribution in [0, 0.1) is 19.8 Å². The Morgan fingerprint density at radius 1 is 1.05 bits per heavy atom. The zero-order valence-electron chi connectivity index (χ0n) is 22.1. The summed E-state index contributed by atoms with van der Waals surface area (Å²) in [6.07, 6.45) is 3.17. The molecule has 0 radical (unpaired) electrons. The highest BCUT2D eigenvalue weighted by molar-refractivity contribution is 7.89. The van der Waals surface area contributed by atoms with E-state index in [1.165, 1.54) is 9.87 Å². The van der Waals surface area contributed by atoms with Crippen LogP contribution in [0.2, 0.25) is 0 Å². The number of fused-ring (bicyclic) bond motifs is 1. The molecule has 0 bridgehead atoms. The fraction of sp³-hybridized carbons (Fsp3) is 0.519. The van der Waals surface area contributed by atoms with Crippen molar-refractivity contribution < 1.29 is 13.2 Å². The summed E-state index contributed by atoms with van der Waals surface area (Å²) in [7, 11) is -1.97. The van der Waals surface area contributed by atoms with Crippen LogP contribution in [-0.2, 0) is 41.4 Å². The Labute approximate surface area is 219 Å². The van der Waals surface area contributed by atoms with E-state index < -0.39 is 10.0 Å². The van der Waals surface area contributed by atoms with Crippen molar-refractivity contribution in [3.8, 4) is 11.3 Å². The van der Waals surface area contributed by atoms with Gasteiger partial charge in [0.25, 0.3) is 0 Å². The zero-order valence-corrected chi connectivity index (χ0v) is 23.0. The summed E-state index contributed by atoms with van der Waals surface area (Å²) in [5, 5.41) is 9.11. The standard InChI is InChI=1S/C27H36N6O3S/c1-5-21-9-11-22(12-10-21)25-16-24-18-31(13-7-15-33(24)29-25)27(34)23-8-6-14-32(17-23)37(35,36)26-19(2)28-30(4)20(26)3/h9-12,16,23H,5-8,13-15,17-18H2,1-4H3. The molecule has 1 unspecified atom stereocenters. The third-order valence-electron chi connectivity index (χ3n) is 7.76. The van der Waals surface area contributed by atoms with Crippen LogP contribution < -0.4 is 0 Å². The van der Waals surface area contributed by atoms with E-state index in [0.29, 0.717) is 43.9 Å². The lowest BCUT2D eigenvalue weighted by Crippen LogP contribution is -2.46. The van der Waals surface area contributed by atoms with E-state index in [2.05, 4.69) is 42.4 Å². The summed E-state index contributed by atoms with van der Waals surface area (Å²) in [6, 6.07) is 10.6. The first-order valence-corrected chi connectivity index (χ1v) is 14.6. The zero-order chi connectivity index (χ0) is 26.3. The fourth-order valence-corrected chi connectivity index (χ4v) is 7.50. The van der Waals surface area contributed by atoms with Gasteiger partial charge in [-0.3, -0.25) is 14.2 Å². The Bertz CT molecular complexity index is 1410. The summed E-state index contributed by atoms with van der Waals surface area (Å²) in [5.74, 6) is -0.320. The topological polar surface area (TPSA) is 93.3 Å². The summed E-state index contributed by atoms with van der Waals surface area (Å²) in [5.41, 5.74) is 5.41. The van der Waals surface area contributed by atoms with Gasteiger partial charge in [-0.15, -0.1) is 0 Å². The van der Waals surface area contributed by atoms with Crippen LogP contribution in [0.15, 0.2) is 35.2 Å². The number of carbonyl (C=O) groups is 1. The van der Waals surface area contributed by atoms with Crippen molar-refractivity contribution in [2.45, 2.75) is 64.4 Å². The van der Waals surface area contributed by atoms with E-state index >= 15 is 0 Å². The van der Waals surface area contributed by atoms with Crippen LogP contribution >= 0.6 is 0 Å². The predicted molar refractivity (Wildman–Crippen MR) is 141 cm³/mol. The lowest BCUT2D eigenvalue weighted by atomic mass is 9.98.